The second kappa shape index (κ2) is 9.00. The molecule has 8 nitrogen and oxygen atoms in total. The number of unbranched alkanes of at least 4 members (excludes halogenated alkanes) is 1. The number of carbonyl (C=O) groups excluding carboxylic acids is 1. The quantitative estimate of drug-likeness (QED) is 0.452. The number of nitrogens with zero attached hydrogens (tertiary/aromatic N) is 5. The highest BCUT2D eigenvalue weighted by Crippen LogP contribution is 2.26. The average Bonchev–Trinajstić information content (AvgIpc) is 3.52. The molecule has 1 amide bonds. The number of aryl methyl sites for hydroxylation is 1. The summed E-state index contributed by atoms with van der Waals surface area (Å²) in [6.45, 7) is 4.49. The lowest BCUT2D eigenvalue weighted by Crippen LogP contribution is -2.24. The maximum Gasteiger partial charge on any atom is 0.255 e. The van der Waals surface area contributed by atoms with E-state index >= 15 is 0 Å². The van der Waals surface area contributed by atoms with E-state index in [4.69, 9.17) is 4.98 Å². The van der Waals surface area contributed by atoms with Gasteiger partial charge in [0.25, 0.3) is 11.9 Å². The first-order chi connectivity index (χ1) is 14.7. The minimum Gasteiger partial charge on any atom is -0.347 e. The van der Waals surface area contributed by atoms with Gasteiger partial charge in [-0.1, -0.05) is 19.4 Å². The molecular formula is C21H23N7OS. The summed E-state index contributed by atoms with van der Waals surface area (Å²) in [5.41, 5.74) is 4.09. The number of rotatable bonds is 8. The summed E-state index contributed by atoms with van der Waals surface area (Å²) >= 11 is 1.64. The third-order valence-corrected chi connectivity index (χ3v) is 5.65. The lowest BCUT2D eigenvalue weighted by molar-refractivity contribution is 0.0949. The van der Waals surface area contributed by atoms with Gasteiger partial charge in [0.1, 0.15) is 0 Å². The Bertz CT molecular complexity index is 1120. The van der Waals surface area contributed by atoms with Crippen LogP contribution in [0.1, 0.15) is 47.1 Å². The number of hydrogen-bond donors (Lipinski definition) is 2. The first-order valence-electron chi connectivity index (χ1n) is 9.87. The molecule has 30 heavy (non-hydrogen) atoms. The van der Waals surface area contributed by atoms with Crippen molar-refractivity contribution in [3.63, 3.8) is 0 Å². The number of thiophene rings is 1. The minimum atomic E-state index is -0.174. The molecule has 0 aliphatic heterocycles. The molecule has 0 saturated heterocycles. The van der Waals surface area contributed by atoms with Crippen LogP contribution in [0.3, 0.4) is 0 Å². The second-order valence-electron chi connectivity index (χ2n) is 6.96. The fourth-order valence-corrected chi connectivity index (χ4v) is 3.95. The standard InChI is InChI=1S/C21H23N7OS/c1-3-4-6-17-16(20(29)23-11-15-10-22-13-25-15)12-26-28(17)21-24-9-14(2)19(27-21)18-7-5-8-30-18/h5,7-10,12-13H,3-4,6,11H2,1-2H3,(H,22,25)(H,23,29). The molecule has 0 bridgehead atoms. The molecule has 0 radical (unpaired) electrons. The third kappa shape index (κ3) is 4.16. The molecule has 154 valence electrons. The molecule has 0 unspecified atom stereocenters. The number of hydrogen-bond acceptors (Lipinski definition) is 6. The van der Waals surface area contributed by atoms with Gasteiger partial charge in [-0.25, -0.2) is 19.6 Å². The Labute approximate surface area is 178 Å². The molecule has 0 aromatic carbocycles. The zero-order chi connectivity index (χ0) is 20.9. The van der Waals surface area contributed by atoms with Crippen molar-refractivity contribution in [3.8, 4) is 16.5 Å². The van der Waals surface area contributed by atoms with E-state index < -0.39 is 0 Å². The van der Waals surface area contributed by atoms with Gasteiger partial charge in [0.05, 0.1) is 46.6 Å². The summed E-state index contributed by atoms with van der Waals surface area (Å²) in [6.07, 6.45) is 9.35. The van der Waals surface area contributed by atoms with Crippen molar-refractivity contribution < 1.29 is 4.79 Å². The summed E-state index contributed by atoms with van der Waals surface area (Å²) < 4.78 is 1.69. The molecule has 4 rings (SSSR count). The zero-order valence-corrected chi connectivity index (χ0v) is 17.7. The van der Waals surface area contributed by atoms with Crippen molar-refractivity contribution in [1.29, 1.82) is 0 Å². The van der Waals surface area contributed by atoms with Gasteiger partial charge in [0.2, 0.25) is 0 Å². The van der Waals surface area contributed by atoms with Gasteiger partial charge >= 0.3 is 0 Å². The largest absolute Gasteiger partial charge is 0.347 e. The fourth-order valence-electron chi connectivity index (χ4n) is 3.17. The molecule has 0 spiro atoms. The predicted octanol–water partition coefficient (Wildman–Crippen LogP) is 3.69. The Morgan fingerprint density at radius 1 is 1.30 bits per heavy atom. The number of carbonyl (C=O) groups is 1. The van der Waals surface area contributed by atoms with Crippen molar-refractivity contribution >= 4 is 17.2 Å². The average molecular weight is 422 g/mol. The molecule has 4 aromatic rings. The van der Waals surface area contributed by atoms with E-state index in [1.807, 2.05) is 24.4 Å². The Hall–Kier alpha value is -3.33. The summed E-state index contributed by atoms with van der Waals surface area (Å²) in [7, 11) is 0. The minimum absolute atomic E-state index is 0.174. The monoisotopic (exact) mass is 421 g/mol. The summed E-state index contributed by atoms with van der Waals surface area (Å²) in [4.78, 5) is 30.1. The number of nitrogens with one attached hydrogen (secondary N) is 2. The van der Waals surface area contributed by atoms with E-state index in [9.17, 15) is 4.79 Å². The lowest BCUT2D eigenvalue weighted by atomic mass is 10.1. The van der Waals surface area contributed by atoms with Gasteiger partial charge in [-0.05, 0) is 36.8 Å². The van der Waals surface area contributed by atoms with Crippen LogP contribution >= 0.6 is 11.3 Å². The van der Waals surface area contributed by atoms with E-state index in [-0.39, 0.29) is 5.91 Å². The molecular weight excluding hydrogens is 398 g/mol. The van der Waals surface area contributed by atoms with Crippen molar-refractivity contribution in [2.45, 2.75) is 39.7 Å². The topological polar surface area (TPSA) is 101 Å². The third-order valence-electron chi connectivity index (χ3n) is 4.78. The van der Waals surface area contributed by atoms with Crippen LogP contribution in [0.25, 0.3) is 16.5 Å². The van der Waals surface area contributed by atoms with Crippen LogP contribution in [0.15, 0.2) is 42.4 Å². The van der Waals surface area contributed by atoms with Gasteiger partial charge in [-0.2, -0.15) is 5.10 Å². The second-order valence-corrected chi connectivity index (χ2v) is 7.91. The SMILES string of the molecule is CCCCc1c(C(=O)NCc2cnc[nH]2)cnn1-c1ncc(C)c(-c2cccs2)n1. The van der Waals surface area contributed by atoms with Gasteiger partial charge in [-0.15, -0.1) is 11.3 Å². The Kier molecular flexibility index (Phi) is 5.99. The maximum atomic E-state index is 12.8. The van der Waals surface area contributed by atoms with Crippen LogP contribution in [0.2, 0.25) is 0 Å². The lowest BCUT2D eigenvalue weighted by Gasteiger charge is -2.10. The van der Waals surface area contributed by atoms with E-state index in [2.05, 4.69) is 32.3 Å². The van der Waals surface area contributed by atoms with E-state index in [0.717, 1.165) is 46.8 Å². The van der Waals surface area contributed by atoms with Gasteiger partial charge in [-0.3, -0.25) is 4.79 Å². The van der Waals surface area contributed by atoms with Gasteiger partial charge in [0, 0.05) is 12.4 Å². The molecule has 0 saturated carbocycles. The normalized spacial score (nSPS) is 11.0. The molecule has 0 aliphatic carbocycles. The number of H-pyrrole nitrogens is 1. The Morgan fingerprint density at radius 3 is 2.93 bits per heavy atom. The van der Waals surface area contributed by atoms with Crippen molar-refractivity contribution in [2.75, 3.05) is 0 Å². The smallest absolute Gasteiger partial charge is 0.255 e. The van der Waals surface area contributed by atoms with Crippen LogP contribution in [0.4, 0.5) is 0 Å². The summed E-state index contributed by atoms with van der Waals surface area (Å²) in [5, 5.41) is 9.42. The van der Waals surface area contributed by atoms with Crippen LogP contribution in [0, 0.1) is 6.92 Å². The molecule has 4 aromatic heterocycles. The first kappa shape index (κ1) is 20.0. The molecule has 4 heterocycles. The molecule has 0 atom stereocenters. The molecule has 2 N–H and O–H groups in total. The van der Waals surface area contributed by atoms with E-state index in [0.29, 0.717) is 18.1 Å². The van der Waals surface area contributed by atoms with Crippen LogP contribution in [0.5, 0.6) is 0 Å². The highest BCUT2D eigenvalue weighted by Gasteiger charge is 2.20. The highest BCUT2D eigenvalue weighted by atomic mass is 32.1. The van der Waals surface area contributed by atoms with Crippen LogP contribution in [-0.2, 0) is 13.0 Å². The number of aromatic nitrogens is 6. The summed E-state index contributed by atoms with van der Waals surface area (Å²) in [6, 6.07) is 4.04. The van der Waals surface area contributed by atoms with Crippen LogP contribution in [-0.4, -0.2) is 35.6 Å². The van der Waals surface area contributed by atoms with E-state index in [1.165, 1.54) is 0 Å². The van der Waals surface area contributed by atoms with Crippen molar-refractivity contribution in [1.82, 2.24) is 35.0 Å². The van der Waals surface area contributed by atoms with Gasteiger partial charge in [0.15, 0.2) is 0 Å². The number of aromatic amines is 1. The van der Waals surface area contributed by atoms with Crippen LogP contribution < -0.4 is 5.32 Å². The van der Waals surface area contributed by atoms with Crippen molar-refractivity contribution in [3.05, 3.63) is 64.9 Å². The fraction of sp³-hybridized carbons (Fsp3) is 0.286. The maximum absolute atomic E-state index is 12.8. The Balaban J connectivity index is 1.66. The molecule has 9 heteroatoms. The number of imidazole rings is 1. The van der Waals surface area contributed by atoms with Crippen molar-refractivity contribution in [2.24, 2.45) is 0 Å². The zero-order valence-electron chi connectivity index (χ0n) is 16.9. The van der Waals surface area contributed by atoms with E-state index in [1.54, 1.807) is 40.9 Å². The highest BCUT2D eigenvalue weighted by molar-refractivity contribution is 7.13. The van der Waals surface area contributed by atoms with Gasteiger partial charge < -0.3 is 10.3 Å². The molecule has 0 aliphatic rings. The summed E-state index contributed by atoms with van der Waals surface area (Å²) in [5.74, 6) is 0.301. The Morgan fingerprint density at radius 2 is 2.20 bits per heavy atom. The molecule has 0 fully saturated rings. The first-order valence-corrected chi connectivity index (χ1v) is 10.8. The predicted molar refractivity (Wildman–Crippen MR) is 116 cm³/mol. The number of amides is 1.